The second-order valence-electron chi connectivity index (χ2n) is 9.79. The molecule has 0 atom stereocenters. The highest BCUT2D eigenvalue weighted by molar-refractivity contribution is 5.94. The Morgan fingerprint density at radius 1 is 0.703 bits per heavy atom. The van der Waals surface area contributed by atoms with Gasteiger partial charge in [0.15, 0.2) is 0 Å². The number of benzene rings is 3. The Bertz CT molecular complexity index is 1020. The minimum Gasteiger partial charge on any atom is -0.489 e. The molecule has 0 saturated heterocycles. The van der Waals surface area contributed by atoms with Crippen LogP contribution in [-0.4, -0.2) is 12.5 Å². The van der Waals surface area contributed by atoms with E-state index in [0.29, 0.717) is 18.7 Å². The summed E-state index contributed by atoms with van der Waals surface area (Å²) in [5.74, 6) is 0.849. The van der Waals surface area contributed by atoms with E-state index in [9.17, 15) is 4.79 Å². The quantitative estimate of drug-likeness (QED) is 0.172. The summed E-state index contributed by atoms with van der Waals surface area (Å²) in [6.07, 6.45) is 13.0. The van der Waals surface area contributed by atoms with Gasteiger partial charge >= 0.3 is 0 Å². The smallest absolute Gasteiger partial charge is 0.251 e. The average Bonchev–Trinajstić information content (AvgIpc) is 2.94. The molecular formula is C33H44N2O2. The standard InChI is InChI=1S/C33H44N2O2/c1-2-3-4-5-6-7-8-9-10-14-24-34-33(36)30-22-20-28(21-23-30)26-35-31-18-15-19-32(25-31)37-27-29-16-12-11-13-17-29/h11-13,15-23,25,35H,2-10,14,24,26-27H2,1H3,(H,34,36). The van der Waals surface area contributed by atoms with E-state index in [0.717, 1.165) is 35.5 Å². The van der Waals surface area contributed by atoms with Gasteiger partial charge in [0, 0.05) is 30.4 Å². The predicted octanol–water partition coefficient (Wildman–Crippen LogP) is 8.53. The zero-order valence-corrected chi connectivity index (χ0v) is 22.5. The number of amides is 1. The molecule has 0 radical (unpaired) electrons. The minimum absolute atomic E-state index is 0.0127. The summed E-state index contributed by atoms with van der Waals surface area (Å²) < 4.78 is 5.92. The fraction of sp³-hybridized carbons (Fsp3) is 0.424. The number of nitrogens with one attached hydrogen (secondary N) is 2. The van der Waals surface area contributed by atoms with Crippen molar-refractivity contribution in [3.8, 4) is 5.75 Å². The van der Waals surface area contributed by atoms with E-state index in [1.165, 1.54) is 57.8 Å². The molecule has 0 aliphatic rings. The topological polar surface area (TPSA) is 50.4 Å². The van der Waals surface area contributed by atoms with Crippen LogP contribution in [0.3, 0.4) is 0 Å². The molecule has 3 rings (SSSR count). The Labute approximate surface area is 223 Å². The van der Waals surface area contributed by atoms with Gasteiger partial charge in [0.05, 0.1) is 0 Å². The lowest BCUT2D eigenvalue weighted by atomic mass is 10.1. The van der Waals surface area contributed by atoms with Crippen molar-refractivity contribution in [2.75, 3.05) is 11.9 Å². The molecule has 0 spiro atoms. The molecule has 198 valence electrons. The second kappa shape index (κ2) is 17.2. The number of hydrogen-bond acceptors (Lipinski definition) is 3. The van der Waals surface area contributed by atoms with Crippen molar-refractivity contribution in [2.45, 2.75) is 84.3 Å². The first kappa shape index (κ1) is 28.3. The summed E-state index contributed by atoms with van der Waals surface area (Å²) in [5, 5.41) is 6.51. The molecule has 4 nitrogen and oxygen atoms in total. The molecule has 37 heavy (non-hydrogen) atoms. The fourth-order valence-corrected chi connectivity index (χ4v) is 4.33. The van der Waals surface area contributed by atoms with Gasteiger partial charge in [-0.2, -0.15) is 0 Å². The van der Waals surface area contributed by atoms with E-state index < -0.39 is 0 Å². The number of ether oxygens (including phenoxy) is 1. The van der Waals surface area contributed by atoms with Crippen molar-refractivity contribution in [1.29, 1.82) is 0 Å². The van der Waals surface area contributed by atoms with Crippen LogP contribution >= 0.6 is 0 Å². The summed E-state index contributed by atoms with van der Waals surface area (Å²) in [5.41, 5.74) is 3.99. The Kier molecular flexibility index (Phi) is 13.2. The third kappa shape index (κ3) is 11.6. The van der Waals surface area contributed by atoms with E-state index in [1.807, 2.05) is 66.7 Å². The maximum Gasteiger partial charge on any atom is 0.251 e. The van der Waals surface area contributed by atoms with Gasteiger partial charge in [-0.1, -0.05) is 113 Å². The van der Waals surface area contributed by atoms with Crippen LogP contribution < -0.4 is 15.4 Å². The van der Waals surface area contributed by atoms with E-state index in [2.05, 4.69) is 29.7 Å². The molecule has 0 heterocycles. The summed E-state index contributed by atoms with van der Waals surface area (Å²) in [6, 6.07) is 26.0. The Balaban J connectivity index is 1.29. The van der Waals surface area contributed by atoms with Crippen LogP contribution in [0.15, 0.2) is 78.9 Å². The predicted molar refractivity (Wildman–Crippen MR) is 155 cm³/mol. The Hall–Kier alpha value is -3.27. The van der Waals surface area contributed by atoms with Crippen molar-refractivity contribution >= 4 is 11.6 Å². The van der Waals surface area contributed by atoms with Gasteiger partial charge in [0.1, 0.15) is 12.4 Å². The zero-order valence-electron chi connectivity index (χ0n) is 22.5. The molecule has 0 fully saturated rings. The van der Waals surface area contributed by atoms with Crippen LogP contribution in [0.1, 0.15) is 92.6 Å². The summed E-state index contributed by atoms with van der Waals surface area (Å²) in [4.78, 5) is 12.5. The lowest BCUT2D eigenvalue weighted by molar-refractivity contribution is 0.0953. The molecule has 1 amide bonds. The molecule has 0 unspecified atom stereocenters. The number of rotatable bonds is 18. The molecule has 2 N–H and O–H groups in total. The number of carbonyl (C=O) groups excluding carboxylic acids is 1. The summed E-state index contributed by atoms with van der Waals surface area (Å²) in [7, 11) is 0. The van der Waals surface area contributed by atoms with Gasteiger partial charge in [-0.05, 0) is 41.8 Å². The van der Waals surface area contributed by atoms with Crippen molar-refractivity contribution in [3.63, 3.8) is 0 Å². The number of hydrogen-bond donors (Lipinski definition) is 2. The summed E-state index contributed by atoms with van der Waals surface area (Å²) in [6.45, 7) is 4.24. The average molecular weight is 501 g/mol. The molecule has 0 saturated carbocycles. The first-order chi connectivity index (χ1) is 18.2. The lowest BCUT2D eigenvalue weighted by Crippen LogP contribution is -2.24. The van der Waals surface area contributed by atoms with Crippen LogP contribution in [0.4, 0.5) is 5.69 Å². The fourth-order valence-electron chi connectivity index (χ4n) is 4.33. The van der Waals surface area contributed by atoms with Crippen LogP contribution in [-0.2, 0) is 13.2 Å². The number of unbranched alkanes of at least 4 members (excludes halogenated alkanes) is 9. The van der Waals surface area contributed by atoms with Gasteiger partial charge in [0.25, 0.3) is 5.91 Å². The molecule has 0 bridgehead atoms. The highest BCUT2D eigenvalue weighted by Gasteiger charge is 2.05. The maximum absolute atomic E-state index is 12.5. The third-order valence-corrected chi connectivity index (χ3v) is 6.61. The normalized spacial score (nSPS) is 10.7. The van der Waals surface area contributed by atoms with Gasteiger partial charge in [-0.15, -0.1) is 0 Å². The molecular weight excluding hydrogens is 456 g/mol. The van der Waals surface area contributed by atoms with Crippen molar-refractivity contribution < 1.29 is 9.53 Å². The SMILES string of the molecule is CCCCCCCCCCCCNC(=O)c1ccc(CNc2cccc(OCc3ccccc3)c2)cc1. The molecule has 0 aliphatic carbocycles. The van der Waals surface area contributed by atoms with Gasteiger partial charge in [-0.25, -0.2) is 0 Å². The largest absolute Gasteiger partial charge is 0.489 e. The Morgan fingerprint density at radius 3 is 2.08 bits per heavy atom. The van der Waals surface area contributed by atoms with Gasteiger partial charge < -0.3 is 15.4 Å². The molecule has 4 heteroatoms. The van der Waals surface area contributed by atoms with E-state index in [4.69, 9.17) is 4.74 Å². The van der Waals surface area contributed by atoms with E-state index >= 15 is 0 Å². The van der Waals surface area contributed by atoms with Crippen LogP contribution in [0, 0.1) is 0 Å². The molecule has 3 aromatic rings. The Morgan fingerprint density at radius 2 is 1.38 bits per heavy atom. The highest BCUT2D eigenvalue weighted by atomic mass is 16.5. The second-order valence-corrected chi connectivity index (χ2v) is 9.79. The maximum atomic E-state index is 12.5. The summed E-state index contributed by atoms with van der Waals surface area (Å²) >= 11 is 0. The lowest BCUT2D eigenvalue weighted by Gasteiger charge is -2.11. The van der Waals surface area contributed by atoms with Gasteiger partial charge in [-0.3, -0.25) is 4.79 Å². The van der Waals surface area contributed by atoms with Crippen LogP contribution in [0.2, 0.25) is 0 Å². The molecule has 0 aromatic heterocycles. The zero-order chi connectivity index (χ0) is 26.0. The first-order valence-electron chi connectivity index (χ1n) is 14.1. The van der Waals surface area contributed by atoms with E-state index in [1.54, 1.807) is 0 Å². The molecule has 0 aliphatic heterocycles. The van der Waals surface area contributed by atoms with Crippen molar-refractivity contribution in [3.05, 3.63) is 95.6 Å². The van der Waals surface area contributed by atoms with Crippen LogP contribution in [0.25, 0.3) is 0 Å². The molecule has 3 aromatic carbocycles. The van der Waals surface area contributed by atoms with Gasteiger partial charge in [0.2, 0.25) is 0 Å². The minimum atomic E-state index is 0.0127. The monoisotopic (exact) mass is 500 g/mol. The first-order valence-corrected chi connectivity index (χ1v) is 14.1. The van der Waals surface area contributed by atoms with E-state index in [-0.39, 0.29) is 5.91 Å². The van der Waals surface area contributed by atoms with Crippen molar-refractivity contribution in [2.24, 2.45) is 0 Å². The van der Waals surface area contributed by atoms with Crippen LogP contribution in [0.5, 0.6) is 5.75 Å². The van der Waals surface area contributed by atoms with Crippen molar-refractivity contribution in [1.82, 2.24) is 5.32 Å². The third-order valence-electron chi connectivity index (χ3n) is 6.61. The number of anilines is 1. The highest BCUT2D eigenvalue weighted by Crippen LogP contribution is 2.19. The number of carbonyl (C=O) groups is 1.